The third-order valence-corrected chi connectivity index (χ3v) is 3.25. The molecule has 1 rings (SSSR count). The summed E-state index contributed by atoms with van der Waals surface area (Å²) in [6.07, 6.45) is 1.58. The van der Waals surface area contributed by atoms with Gasteiger partial charge in [-0.1, -0.05) is 6.92 Å². The highest BCUT2D eigenvalue weighted by molar-refractivity contribution is 7.14. The predicted octanol–water partition coefficient (Wildman–Crippen LogP) is 2.86. The van der Waals surface area contributed by atoms with Gasteiger partial charge < -0.3 is 9.80 Å². The van der Waals surface area contributed by atoms with Crippen LogP contribution in [0.3, 0.4) is 0 Å². The molecule has 0 saturated heterocycles. The number of carbonyl (C=O) groups excluding carboxylic acids is 1. The Balaban J connectivity index is 0.00000256. The van der Waals surface area contributed by atoms with Crippen molar-refractivity contribution in [3.8, 4) is 0 Å². The van der Waals surface area contributed by atoms with Crippen LogP contribution in [0.2, 0.25) is 0 Å². The second-order valence-electron chi connectivity index (χ2n) is 4.01. The van der Waals surface area contributed by atoms with Gasteiger partial charge in [-0.15, -0.1) is 23.7 Å². The molecule has 0 bridgehead atoms. The average Bonchev–Trinajstić information content (AvgIpc) is 2.76. The van der Waals surface area contributed by atoms with Crippen molar-refractivity contribution in [2.24, 2.45) is 0 Å². The molecule has 0 aliphatic heterocycles. The van der Waals surface area contributed by atoms with Gasteiger partial charge in [0.25, 0.3) is 0 Å². The first-order valence-electron chi connectivity index (χ1n) is 5.63. The van der Waals surface area contributed by atoms with Gasteiger partial charge in [0.15, 0.2) is 0 Å². The maximum atomic E-state index is 11.8. The minimum atomic E-state index is 0. The topological polar surface area (TPSA) is 23.6 Å². The monoisotopic (exact) mass is 276 g/mol. The number of amides is 1. The number of rotatable bonds is 6. The van der Waals surface area contributed by atoms with Crippen LogP contribution in [0.25, 0.3) is 0 Å². The Labute approximate surface area is 114 Å². The highest BCUT2D eigenvalue weighted by atomic mass is 35.5. The largest absolute Gasteiger partial charge is 0.309 e. The molecular formula is C12H21ClN2OS. The third kappa shape index (κ3) is 5.52. The zero-order valence-corrected chi connectivity index (χ0v) is 12.3. The van der Waals surface area contributed by atoms with Crippen LogP contribution in [0.15, 0.2) is 17.5 Å². The molecule has 98 valence electrons. The Kier molecular flexibility index (Phi) is 8.21. The van der Waals surface area contributed by atoms with E-state index in [1.165, 1.54) is 0 Å². The lowest BCUT2D eigenvalue weighted by atomic mass is 10.3. The van der Waals surface area contributed by atoms with E-state index in [1.54, 1.807) is 11.3 Å². The summed E-state index contributed by atoms with van der Waals surface area (Å²) in [5.74, 6) is 0.209. The van der Waals surface area contributed by atoms with Crippen molar-refractivity contribution >= 4 is 34.7 Å². The molecule has 0 aliphatic rings. The van der Waals surface area contributed by atoms with Gasteiger partial charge in [0, 0.05) is 13.0 Å². The first kappa shape index (κ1) is 16.4. The van der Waals surface area contributed by atoms with Gasteiger partial charge in [0.1, 0.15) is 0 Å². The molecule has 0 spiro atoms. The van der Waals surface area contributed by atoms with Crippen molar-refractivity contribution in [3.63, 3.8) is 0 Å². The summed E-state index contributed by atoms with van der Waals surface area (Å²) in [7, 11) is 4.11. The van der Waals surface area contributed by atoms with E-state index in [1.807, 2.05) is 29.3 Å². The normalized spacial score (nSPS) is 10.1. The molecule has 1 heterocycles. The molecule has 1 amide bonds. The first-order valence-corrected chi connectivity index (χ1v) is 6.51. The van der Waals surface area contributed by atoms with Gasteiger partial charge in [-0.3, -0.25) is 4.79 Å². The van der Waals surface area contributed by atoms with E-state index in [-0.39, 0.29) is 18.3 Å². The van der Waals surface area contributed by atoms with Crippen LogP contribution in [0.4, 0.5) is 5.00 Å². The number of hydrogen-bond donors (Lipinski definition) is 0. The van der Waals surface area contributed by atoms with E-state index in [0.29, 0.717) is 6.42 Å². The Morgan fingerprint density at radius 3 is 2.53 bits per heavy atom. The smallest absolute Gasteiger partial charge is 0.227 e. The van der Waals surface area contributed by atoms with Gasteiger partial charge in [-0.05, 0) is 44.6 Å². The number of carbonyl (C=O) groups is 1. The molecule has 1 aromatic heterocycles. The maximum absolute atomic E-state index is 11.8. The van der Waals surface area contributed by atoms with Crippen molar-refractivity contribution in [2.45, 2.75) is 19.8 Å². The Morgan fingerprint density at radius 1 is 1.35 bits per heavy atom. The maximum Gasteiger partial charge on any atom is 0.227 e. The molecule has 0 fully saturated rings. The van der Waals surface area contributed by atoms with Gasteiger partial charge in [-0.2, -0.15) is 0 Å². The van der Waals surface area contributed by atoms with Gasteiger partial charge in [0.05, 0.1) is 5.00 Å². The Morgan fingerprint density at radius 2 is 2.06 bits per heavy atom. The van der Waals surface area contributed by atoms with Crippen LogP contribution in [0.5, 0.6) is 0 Å². The van der Waals surface area contributed by atoms with Crippen LogP contribution >= 0.6 is 23.7 Å². The molecule has 0 radical (unpaired) electrons. The summed E-state index contributed by atoms with van der Waals surface area (Å²) in [4.78, 5) is 15.8. The van der Waals surface area contributed by atoms with Crippen LogP contribution < -0.4 is 4.90 Å². The first-order chi connectivity index (χ1) is 7.65. The molecule has 1 aromatic rings. The van der Waals surface area contributed by atoms with Crippen molar-refractivity contribution in [3.05, 3.63) is 17.5 Å². The predicted molar refractivity (Wildman–Crippen MR) is 77.4 cm³/mol. The summed E-state index contributed by atoms with van der Waals surface area (Å²) in [5.41, 5.74) is 0. The van der Waals surface area contributed by atoms with Crippen LogP contribution in [0, 0.1) is 0 Å². The lowest BCUT2D eigenvalue weighted by Crippen LogP contribution is -2.32. The number of thiophene rings is 1. The molecule has 0 saturated carbocycles. The van der Waals surface area contributed by atoms with Crippen molar-refractivity contribution in [2.75, 3.05) is 32.1 Å². The van der Waals surface area contributed by atoms with E-state index in [4.69, 9.17) is 0 Å². The number of halogens is 1. The molecule has 5 heteroatoms. The average molecular weight is 277 g/mol. The Hall–Kier alpha value is -0.580. The quantitative estimate of drug-likeness (QED) is 0.798. The van der Waals surface area contributed by atoms with E-state index >= 15 is 0 Å². The number of nitrogens with zero attached hydrogens (tertiary/aromatic N) is 2. The zero-order chi connectivity index (χ0) is 12.0. The molecule has 3 nitrogen and oxygen atoms in total. The SMILES string of the molecule is CCC(=O)N(CCCN(C)C)c1cccs1.Cl. The summed E-state index contributed by atoms with van der Waals surface area (Å²) < 4.78 is 0. The van der Waals surface area contributed by atoms with Gasteiger partial charge in [0.2, 0.25) is 5.91 Å². The van der Waals surface area contributed by atoms with Crippen molar-refractivity contribution in [1.29, 1.82) is 0 Å². The summed E-state index contributed by atoms with van der Waals surface area (Å²) in [6, 6.07) is 4.00. The van der Waals surface area contributed by atoms with E-state index in [2.05, 4.69) is 19.0 Å². The molecule has 0 atom stereocenters. The Bertz CT molecular complexity index is 314. The fourth-order valence-corrected chi connectivity index (χ4v) is 2.29. The highest BCUT2D eigenvalue weighted by Gasteiger charge is 2.14. The zero-order valence-electron chi connectivity index (χ0n) is 10.7. The van der Waals surface area contributed by atoms with E-state index < -0.39 is 0 Å². The molecule has 0 unspecified atom stereocenters. The fourth-order valence-electron chi connectivity index (χ4n) is 1.52. The van der Waals surface area contributed by atoms with Crippen LogP contribution in [-0.2, 0) is 4.79 Å². The van der Waals surface area contributed by atoms with Gasteiger partial charge in [-0.25, -0.2) is 0 Å². The van der Waals surface area contributed by atoms with Crippen LogP contribution in [-0.4, -0.2) is 38.0 Å². The van der Waals surface area contributed by atoms with Crippen molar-refractivity contribution < 1.29 is 4.79 Å². The van der Waals surface area contributed by atoms with E-state index in [9.17, 15) is 4.79 Å². The molecule has 0 aliphatic carbocycles. The highest BCUT2D eigenvalue weighted by Crippen LogP contribution is 2.22. The second kappa shape index (κ2) is 8.50. The molecule has 0 aromatic carbocycles. The number of hydrogen-bond acceptors (Lipinski definition) is 3. The molecule has 17 heavy (non-hydrogen) atoms. The summed E-state index contributed by atoms with van der Waals surface area (Å²) in [5, 5.41) is 3.07. The molecular weight excluding hydrogens is 256 g/mol. The third-order valence-electron chi connectivity index (χ3n) is 2.36. The van der Waals surface area contributed by atoms with E-state index in [0.717, 1.165) is 24.5 Å². The fraction of sp³-hybridized carbons (Fsp3) is 0.583. The molecule has 0 N–H and O–H groups in total. The standard InChI is InChI=1S/C12H20N2OS.ClH/c1-4-11(15)14(9-6-8-13(2)3)12-7-5-10-16-12;/h5,7,10H,4,6,8-9H2,1-3H3;1H. The number of anilines is 1. The minimum Gasteiger partial charge on any atom is -0.309 e. The lowest BCUT2D eigenvalue weighted by Gasteiger charge is -2.21. The summed E-state index contributed by atoms with van der Waals surface area (Å²) >= 11 is 1.63. The minimum absolute atomic E-state index is 0. The van der Waals surface area contributed by atoms with Crippen molar-refractivity contribution in [1.82, 2.24) is 4.90 Å². The summed E-state index contributed by atoms with van der Waals surface area (Å²) in [6.45, 7) is 3.74. The second-order valence-corrected chi connectivity index (χ2v) is 4.93. The lowest BCUT2D eigenvalue weighted by molar-refractivity contribution is -0.118. The van der Waals surface area contributed by atoms with Gasteiger partial charge >= 0.3 is 0 Å². The van der Waals surface area contributed by atoms with Crippen LogP contribution in [0.1, 0.15) is 19.8 Å².